The summed E-state index contributed by atoms with van der Waals surface area (Å²) < 4.78 is 18.8. The van der Waals surface area contributed by atoms with Gasteiger partial charge in [0.05, 0.1) is 6.61 Å². The van der Waals surface area contributed by atoms with Gasteiger partial charge in [0, 0.05) is 12.2 Å². The van der Waals surface area contributed by atoms with Gasteiger partial charge in [-0.1, -0.05) is 157 Å². The Labute approximate surface area is 272 Å². The van der Waals surface area contributed by atoms with Crippen molar-refractivity contribution in [3.8, 4) is 0 Å². The molecule has 0 aliphatic heterocycles. The van der Waals surface area contributed by atoms with Crippen LogP contribution in [-0.4, -0.2) is 12.4 Å². The van der Waals surface area contributed by atoms with Crippen molar-refractivity contribution in [2.75, 3.05) is 6.61 Å². The van der Waals surface area contributed by atoms with Gasteiger partial charge in [-0.3, -0.25) is 4.79 Å². The lowest BCUT2D eigenvalue weighted by atomic mass is 10.0. The largest absolute Gasteiger partial charge is 0.377 e. The zero-order chi connectivity index (χ0) is 31.8. The number of carbonyl (C=O) groups is 1. The molecule has 45 heavy (non-hydrogen) atoms. The SMILES string of the molecule is C=Cc1ccc(COCCCCCCCCCCCCCCCCCCc2ccc(/C=C/C(=O)c3ccc(F)cc3)cc2)cc1. The summed E-state index contributed by atoms with van der Waals surface area (Å²) in [5.41, 5.74) is 5.24. The molecule has 0 fully saturated rings. The van der Waals surface area contributed by atoms with Gasteiger partial charge < -0.3 is 4.74 Å². The molecule has 0 saturated carbocycles. The van der Waals surface area contributed by atoms with Gasteiger partial charge in [0.25, 0.3) is 0 Å². The average molecular weight is 611 g/mol. The molecule has 0 amide bonds. The van der Waals surface area contributed by atoms with Crippen LogP contribution in [0.15, 0.2) is 85.5 Å². The van der Waals surface area contributed by atoms with E-state index in [1.54, 1.807) is 6.08 Å². The number of unbranched alkanes of at least 4 members (excludes halogenated alkanes) is 15. The highest BCUT2D eigenvalue weighted by Gasteiger charge is 2.02. The van der Waals surface area contributed by atoms with Crippen molar-refractivity contribution in [1.29, 1.82) is 0 Å². The van der Waals surface area contributed by atoms with E-state index >= 15 is 0 Å². The quantitative estimate of drug-likeness (QED) is 0.0542. The highest BCUT2D eigenvalue weighted by atomic mass is 19.1. The molecule has 0 aliphatic carbocycles. The number of allylic oxidation sites excluding steroid dienone is 1. The molecule has 3 heteroatoms. The van der Waals surface area contributed by atoms with Crippen LogP contribution in [0.2, 0.25) is 0 Å². The number of hydrogen-bond acceptors (Lipinski definition) is 2. The van der Waals surface area contributed by atoms with Crippen molar-refractivity contribution in [3.05, 3.63) is 119 Å². The zero-order valence-corrected chi connectivity index (χ0v) is 27.5. The Hall–Kier alpha value is -3.30. The van der Waals surface area contributed by atoms with Crippen molar-refractivity contribution in [2.45, 2.75) is 116 Å². The van der Waals surface area contributed by atoms with Crippen LogP contribution in [0.5, 0.6) is 0 Å². The third-order valence-electron chi connectivity index (χ3n) is 8.52. The van der Waals surface area contributed by atoms with Gasteiger partial charge in [-0.2, -0.15) is 0 Å². The molecule has 0 spiro atoms. The van der Waals surface area contributed by atoms with E-state index in [0.717, 1.165) is 24.2 Å². The second kappa shape index (κ2) is 23.1. The third kappa shape index (κ3) is 16.5. The van der Waals surface area contributed by atoms with Gasteiger partial charge in [-0.05, 0) is 71.9 Å². The van der Waals surface area contributed by atoms with Crippen molar-refractivity contribution >= 4 is 17.9 Å². The van der Waals surface area contributed by atoms with Crippen molar-refractivity contribution in [2.24, 2.45) is 0 Å². The lowest BCUT2D eigenvalue weighted by molar-refractivity contribution is 0.104. The van der Waals surface area contributed by atoms with Crippen molar-refractivity contribution in [1.82, 2.24) is 0 Å². The molecular weight excluding hydrogens is 555 g/mol. The van der Waals surface area contributed by atoms with Crippen LogP contribution in [0, 0.1) is 5.82 Å². The van der Waals surface area contributed by atoms with Crippen LogP contribution in [0.4, 0.5) is 4.39 Å². The minimum atomic E-state index is -0.332. The van der Waals surface area contributed by atoms with E-state index in [1.807, 2.05) is 12.2 Å². The summed E-state index contributed by atoms with van der Waals surface area (Å²) in [5.74, 6) is -0.446. The molecule has 0 saturated heterocycles. The van der Waals surface area contributed by atoms with E-state index in [4.69, 9.17) is 4.74 Å². The third-order valence-corrected chi connectivity index (χ3v) is 8.52. The topological polar surface area (TPSA) is 26.3 Å². The maximum Gasteiger partial charge on any atom is 0.185 e. The standard InChI is InChI=1S/C42H55FO2/c1-2-36-20-26-39(27-21-36)35-45-34-18-16-14-12-10-8-6-4-3-5-7-9-11-13-15-17-19-37-22-24-38(25-23-37)28-33-42(44)40-29-31-41(43)32-30-40/h2,20-33H,1,3-19,34-35H2/b33-28+. The van der Waals surface area contributed by atoms with Crippen LogP contribution in [0.1, 0.15) is 135 Å². The lowest BCUT2D eigenvalue weighted by Crippen LogP contribution is -1.95. The van der Waals surface area contributed by atoms with Crippen LogP contribution in [-0.2, 0) is 17.8 Å². The second-order valence-corrected chi connectivity index (χ2v) is 12.4. The summed E-state index contributed by atoms with van der Waals surface area (Å²) in [7, 11) is 0. The zero-order valence-electron chi connectivity index (χ0n) is 27.5. The molecule has 0 bridgehead atoms. The Morgan fingerprint density at radius 2 is 1.04 bits per heavy atom. The first kappa shape index (κ1) is 36.2. The summed E-state index contributed by atoms with van der Waals surface area (Å²) in [6, 6.07) is 22.5. The number of carbonyl (C=O) groups excluding carboxylic acids is 1. The monoisotopic (exact) mass is 610 g/mol. The summed E-state index contributed by atoms with van der Waals surface area (Å²) in [6.07, 6.45) is 27.9. The minimum absolute atomic E-state index is 0.114. The van der Waals surface area contributed by atoms with Gasteiger partial charge in [0.2, 0.25) is 0 Å². The second-order valence-electron chi connectivity index (χ2n) is 12.4. The van der Waals surface area contributed by atoms with Crippen LogP contribution in [0.25, 0.3) is 12.2 Å². The van der Waals surface area contributed by atoms with Gasteiger partial charge in [-0.15, -0.1) is 0 Å². The normalized spacial score (nSPS) is 11.3. The first-order chi connectivity index (χ1) is 22.1. The molecule has 0 atom stereocenters. The van der Waals surface area contributed by atoms with Crippen LogP contribution in [0.3, 0.4) is 0 Å². The summed E-state index contributed by atoms with van der Waals surface area (Å²) >= 11 is 0. The Kier molecular flexibility index (Phi) is 18.6. The molecule has 0 unspecified atom stereocenters. The highest BCUT2D eigenvalue weighted by molar-refractivity contribution is 6.06. The average Bonchev–Trinajstić information content (AvgIpc) is 3.07. The lowest BCUT2D eigenvalue weighted by Gasteiger charge is -2.06. The number of ether oxygens (including phenoxy) is 1. The van der Waals surface area contributed by atoms with Crippen LogP contribution >= 0.6 is 0 Å². The van der Waals surface area contributed by atoms with Gasteiger partial charge >= 0.3 is 0 Å². The number of benzene rings is 3. The van der Waals surface area contributed by atoms with Crippen LogP contribution < -0.4 is 0 Å². The Morgan fingerprint density at radius 1 is 0.578 bits per heavy atom. The van der Waals surface area contributed by atoms with Gasteiger partial charge in [0.15, 0.2) is 5.78 Å². The van der Waals surface area contributed by atoms with E-state index in [2.05, 4.69) is 55.1 Å². The molecule has 242 valence electrons. The van der Waals surface area contributed by atoms with Crippen molar-refractivity contribution < 1.29 is 13.9 Å². The van der Waals surface area contributed by atoms with Gasteiger partial charge in [0.1, 0.15) is 5.82 Å². The molecule has 3 aromatic carbocycles. The Bertz CT molecular complexity index is 1230. The highest BCUT2D eigenvalue weighted by Crippen LogP contribution is 2.16. The molecule has 0 aliphatic rings. The number of halogens is 1. The Balaban J connectivity index is 1.04. The number of ketones is 1. The molecule has 0 radical (unpaired) electrons. The van der Waals surface area contributed by atoms with E-state index in [9.17, 15) is 9.18 Å². The number of hydrogen-bond donors (Lipinski definition) is 0. The minimum Gasteiger partial charge on any atom is -0.377 e. The molecule has 3 rings (SSSR count). The van der Waals surface area contributed by atoms with Crippen molar-refractivity contribution in [3.63, 3.8) is 0 Å². The van der Waals surface area contributed by atoms with E-state index in [0.29, 0.717) is 12.2 Å². The fourth-order valence-electron chi connectivity index (χ4n) is 5.63. The first-order valence-corrected chi connectivity index (χ1v) is 17.5. The molecule has 0 N–H and O–H groups in total. The summed E-state index contributed by atoms with van der Waals surface area (Å²) in [4.78, 5) is 12.2. The number of aryl methyl sites for hydroxylation is 1. The van der Waals surface area contributed by atoms with E-state index in [1.165, 1.54) is 138 Å². The summed E-state index contributed by atoms with van der Waals surface area (Å²) in [5, 5.41) is 0. The molecule has 0 heterocycles. The predicted molar refractivity (Wildman–Crippen MR) is 190 cm³/mol. The molecule has 2 nitrogen and oxygen atoms in total. The smallest absolute Gasteiger partial charge is 0.185 e. The van der Waals surface area contributed by atoms with Gasteiger partial charge in [-0.25, -0.2) is 4.39 Å². The van der Waals surface area contributed by atoms with E-state index in [-0.39, 0.29) is 11.6 Å². The fraction of sp³-hybridized carbons (Fsp3) is 0.452. The molecular formula is C42H55FO2. The maximum absolute atomic E-state index is 13.0. The van der Waals surface area contributed by atoms with E-state index < -0.39 is 0 Å². The summed E-state index contributed by atoms with van der Waals surface area (Å²) in [6.45, 7) is 5.37. The number of rotatable bonds is 25. The fourth-order valence-corrected chi connectivity index (χ4v) is 5.63. The molecule has 0 aromatic heterocycles. The maximum atomic E-state index is 13.0. The molecule has 3 aromatic rings. The predicted octanol–water partition coefficient (Wildman–Crippen LogP) is 12.4. The first-order valence-electron chi connectivity index (χ1n) is 17.5. The Morgan fingerprint density at radius 3 is 1.58 bits per heavy atom.